The lowest BCUT2D eigenvalue weighted by atomic mass is 9.94. The van der Waals surface area contributed by atoms with E-state index in [0.717, 1.165) is 53.6 Å². The van der Waals surface area contributed by atoms with Gasteiger partial charge in [0.25, 0.3) is 0 Å². The van der Waals surface area contributed by atoms with E-state index >= 15 is 0 Å². The fourth-order valence-corrected chi connectivity index (χ4v) is 4.22. The average Bonchev–Trinajstić information content (AvgIpc) is 3.24. The van der Waals surface area contributed by atoms with Gasteiger partial charge in [0.15, 0.2) is 0 Å². The summed E-state index contributed by atoms with van der Waals surface area (Å²) in [6.45, 7) is 11.5. The minimum Gasteiger partial charge on any atom is -0.465 e. The molecule has 10 heteroatoms. The van der Waals surface area contributed by atoms with E-state index < -0.39 is 6.09 Å². The van der Waals surface area contributed by atoms with E-state index in [1.807, 2.05) is 18.3 Å². The highest BCUT2D eigenvalue weighted by atomic mass is 16.6. The monoisotopic (exact) mass is 530 g/mol. The number of amides is 1. The molecule has 0 fully saturated rings. The lowest BCUT2D eigenvalue weighted by Gasteiger charge is -2.26. The maximum atomic E-state index is 10.3. The smallest absolute Gasteiger partial charge is 0.404 e. The Balaban J connectivity index is 1.40. The second-order valence-electron chi connectivity index (χ2n) is 10.0. The molecule has 10 nitrogen and oxygen atoms in total. The van der Waals surface area contributed by atoms with E-state index in [1.165, 1.54) is 0 Å². The van der Waals surface area contributed by atoms with Gasteiger partial charge in [-0.2, -0.15) is 0 Å². The number of carboxylic acid groups (broad SMARTS) is 1. The molecule has 0 bridgehead atoms. The predicted octanol–water partition coefficient (Wildman–Crippen LogP) is 4.29. The number of carbonyl (C=O) groups is 1. The van der Waals surface area contributed by atoms with Gasteiger partial charge in [-0.25, -0.2) is 9.78 Å². The van der Waals surface area contributed by atoms with Gasteiger partial charge < -0.3 is 33.9 Å². The SMILES string of the molecule is CCCCc1nc2cnc3ccccc3c2n1CC(C)(C)COCCOCCOCCOCCNC(=O)O. The van der Waals surface area contributed by atoms with Crippen molar-refractivity contribution in [2.75, 3.05) is 59.4 Å². The summed E-state index contributed by atoms with van der Waals surface area (Å²) in [7, 11) is 0. The van der Waals surface area contributed by atoms with Crippen molar-refractivity contribution in [3.05, 3.63) is 36.3 Å². The molecule has 38 heavy (non-hydrogen) atoms. The molecule has 0 saturated carbocycles. The van der Waals surface area contributed by atoms with Crippen LogP contribution in [0.3, 0.4) is 0 Å². The number of aromatic nitrogens is 3. The summed E-state index contributed by atoms with van der Waals surface area (Å²) in [6.07, 6.45) is 4.01. The Kier molecular flexibility index (Phi) is 12.2. The molecule has 0 atom stereocenters. The highest BCUT2D eigenvalue weighted by Crippen LogP contribution is 2.29. The Labute approximate surface area is 224 Å². The number of aryl methyl sites for hydroxylation is 1. The first-order valence-electron chi connectivity index (χ1n) is 13.4. The number of nitrogens with zero attached hydrogens (tertiary/aromatic N) is 3. The summed E-state index contributed by atoms with van der Waals surface area (Å²) in [5.74, 6) is 1.11. The number of para-hydroxylation sites is 1. The van der Waals surface area contributed by atoms with E-state index in [4.69, 9.17) is 29.0 Å². The van der Waals surface area contributed by atoms with Gasteiger partial charge >= 0.3 is 6.09 Å². The number of fused-ring (bicyclic) bond motifs is 3. The summed E-state index contributed by atoms with van der Waals surface area (Å²) in [4.78, 5) is 19.9. The molecule has 0 aliphatic heterocycles. The standard InChI is InChI=1S/C28H42N4O6/c1-4-5-10-25-31-24-19-30-23-9-7-6-8-22(23)26(24)32(25)20-28(2,3)21-38-18-17-37-16-15-36-14-13-35-12-11-29-27(33)34/h6-9,19,29H,4-5,10-18,20-21H2,1-3H3,(H,33,34). The molecule has 2 heterocycles. The van der Waals surface area contributed by atoms with Gasteiger partial charge in [0.05, 0.1) is 70.1 Å². The third kappa shape index (κ3) is 9.50. The Hall–Kier alpha value is -2.79. The van der Waals surface area contributed by atoms with Gasteiger partial charge in [-0.05, 0) is 12.5 Å². The van der Waals surface area contributed by atoms with Crippen LogP contribution in [0.25, 0.3) is 21.9 Å². The molecule has 2 N–H and O–H groups in total. The first-order chi connectivity index (χ1) is 18.4. The normalized spacial score (nSPS) is 12.0. The minimum absolute atomic E-state index is 0.0952. The van der Waals surface area contributed by atoms with Gasteiger partial charge in [-0.1, -0.05) is 45.4 Å². The molecule has 0 spiro atoms. The highest BCUT2D eigenvalue weighted by Gasteiger charge is 2.23. The Morgan fingerprint density at radius 1 is 0.974 bits per heavy atom. The number of benzene rings is 1. The Bertz CT molecular complexity index is 1130. The fraction of sp³-hybridized carbons (Fsp3) is 0.607. The quantitative estimate of drug-likeness (QED) is 0.221. The average molecular weight is 531 g/mol. The topological polar surface area (TPSA) is 117 Å². The maximum Gasteiger partial charge on any atom is 0.404 e. The molecule has 2 aromatic heterocycles. The number of hydrogen-bond acceptors (Lipinski definition) is 7. The summed E-state index contributed by atoms with van der Waals surface area (Å²) in [6, 6.07) is 8.26. The molecule has 0 unspecified atom stereocenters. The highest BCUT2D eigenvalue weighted by molar-refractivity contribution is 6.02. The van der Waals surface area contributed by atoms with Crippen molar-refractivity contribution in [3.8, 4) is 0 Å². The lowest BCUT2D eigenvalue weighted by molar-refractivity contribution is -0.0144. The van der Waals surface area contributed by atoms with Gasteiger partial charge in [0.2, 0.25) is 0 Å². The molecular formula is C28H42N4O6. The fourth-order valence-electron chi connectivity index (χ4n) is 4.22. The van der Waals surface area contributed by atoms with Crippen molar-refractivity contribution in [2.45, 2.75) is 46.6 Å². The molecule has 0 aliphatic carbocycles. The van der Waals surface area contributed by atoms with E-state index in [1.54, 1.807) is 0 Å². The van der Waals surface area contributed by atoms with Crippen molar-refractivity contribution < 1.29 is 28.8 Å². The summed E-state index contributed by atoms with van der Waals surface area (Å²) < 4.78 is 24.7. The number of rotatable bonds is 19. The zero-order valence-electron chi connectivity index (χ0n) is 22.9. The summed E-state index contributed by atoms with van der Waals surface area (Å²) >= 11 is 0. The zero-order chi connectivity index (χ0) is 27.2. The molecular weight excluding hydrogens is 488 g/mol. The van der Waals surface area contributed by atoms with E-state index in [-0.39, 0.29) is 12.0 Å². The lowest BCUT2D eigenvalue weighted by Crippen LogP contribution is -2.27. The van der Waals surface area contributed by atoms with Gasteiger partial charge in [0.1, 0.15) is 11.3 Å². The van der Waals surface area contributed by atoms with Crippen LogP contribution in [0.5, 0.6) is 0 Å². The summed E-state index contributed by atoms with van der Waals surface area (Å²) in [5.41, 5.74) is 2.99. The number of hydrogen-bond donors (Lipinski definition) is 2. The molecule has 3 aromatic rings. The molecule has 1 amide bonds. The molecule has 3 rings (SSSR count). The van der Waals surface area contributed by atoms with Crippen molar-refractivity contribution in [1.29, 1.82) is 0 Å². The largest absolute Gasteiger partial charge is 0.465 e. The molecule has 0 radical (unpaired) electrons. The predicted molar refractivity (Wildman–Crippen MR) is 147 cm³/mol. The van der Waals surface area contributed by atoms with Crippen molar-refractivity contribution in [2.24, 2.45) is 5.41 Å². The van der Waals surface area contributed by atoms with E-state index in [0.29, 0.717) is 52.9 Å². The van der Waals surface area contributed by atoms with Crippen molar-refractivity contribution in [3.63, 3.8) is 0 Å². The van der Waals surface area contributed by atoms with E-state index in [2.05, 4.69) is 47.8 Å². The van der Waals surface area contributed by atoms with E-state index in [9.17, 15) is 4.79 Å². The third-order valence-electron chi connectivity index (χ3n) is 6.03. The Morgan fingerprint density at radius 2 is 1.63 bits per heavy atom. The zero-order valence-corrected chi connectivity index (χ0v) is 22.9. The number of pyridine rings is 1. The molecule has 1 aromatic carbocycles. The van der Waals surface area contributed by atoms with Gasteiger partial charge in [0, 0.05) is 30.3 Å². The molecule has 210 valence electrons. The van der Waals surface area contributed by atoms with Crippen LogP contribution in [0, 0.1) is 5.41 Å². The second kappa shape index (κ2) is 15.6. The van der Waals surface area contributed by atoms with Crippen LogP contribution in [0.1, 0.15) is 39.4 Å². The van der Waals surface area contributed by atoms with Crippen LogP contribution >= 0.6 is 0 Å². The number of unbranched alkanes of at least 4 members (excludes halogenated alkanes) is 1. The minimum atomic E-state index is -1.05. The number of imidazole rings is 1. The van der Waals surface area contributed by atoms with Crippen LogP contribution in [-0.4, -0.2) is 85.1 Å². The van der Waals surface area contributed by atoms with Crippen LogP contribution in [0.15, 0.2) is 30.5 Å². The first-order valence-corrected chi connectivity index (χ1v) is 13.4. The van der Waals surface area contributed by atoms with Gasteiger partial charge in [-0.3, -0.25) is 4.98 Å². The van der Waals surface area contributed by atoms with Crippen molar-refractivity contribution in [1.82, 2.24) is 19.9 Å². The number of nitrogens with one attached hydrogen (secondary N) is 1. The molecule has 0 saturated heterocycles. The molecule has 0 aliphatic rings. The summed E-state index contributed by atoms with van der Waals surface area (Å²) in [5, 5.41) is 11.8. The Morgan fingerprint density at radius 3 is 2.32 bits per heavy atom. The first kappa shape index (κ1) is 29.8. The van der Waals surface area contributed by atoms with Crippen LogP contribution < -0.4 is 5.32 Å². The van der Waals surface area contributed by atoms with Crippen molar-refractivity contribution >= 4 is 28.0 Å². The van der Waals surface area contributed by atoms with Crippen LogP contribution in [0.2, 0.25) is 0 Å². The second-order valence-corrected chi connectivity index (χ2v) is 10.0. The van der Waals surface area contributed by atoms with Crippen LogP contribution in [-0.2, 0) is 31.9 Å². The van der Waals surface area contributed by atoms with Gasteiger partial charge in [-0.15, -0.1) is 0 Å². The third-order valence-corrected chi connectivity index (χ3v) is 6.03. The number of ether oxygens (including phenoxy) is 4. The maximum absolute atomic E-state index is 10.3. The van der Waals surface area contributed by atoms with Crippen LogP contribution in [0.4, 0.5) is 4.79 Å².